The monoisotopic (exact) mass is 254 g/mol. The predicted molar refractivity (Wildman–Crippen MR) is 80.1 cm³/mol. The van der Waals surface area contributed by atoms with Crippen LogP contribution < -0.4 is 0 Å². The van der Waals surface area contributed by atoms with Crippen LogP contribution in [0.2, 0.25) is 0 Å². The summed E-state index contributed by atoms with van der Waals surface area (Å²) in [5.74, 6) is 0.395. The maximum atomic E-state index is 11.1. The zero-order valence-corrected chi connectivity index (χ0v) is 11.6. The molecule has 2 aromatic rings. The van der Waals surface area contributed by atoms with Gasteiger partial charge in [0.1, 0.15) is 0 Å². The molecule has 3 rings (SSSR count). The highest BCUT2D eigenvalue weighted by Gasteiger charge is 2.35. The van der Waals surface area contributed by atoms with E-state index in [0.717, 1.165) is 18.4 Å². The Morgan fingerprint density at radius 3 is 2.42 bits per heavy atom. The molecule has 1 aliphatic carbocycles. The second kappa shape index (κ2) is 4.97. The van der Waals surface area contributed by atoms with Crippen LogP contribution in [-0.4, -0.2) is 5.11 Å². The van der Waals surface area contributed by atoms with Crippen LogP contribution in [0.15, 0.2) is 42.5 Å². The standard InChI is InChI=1S/C18H22O/c1-18(19,15-10-3-2-4-11-15)17-13-7-9-14-8-5-6-12-16(14)17/h5-9,12-13,15,19H,2-4,10-11H2,1H3. The van der Waals surface area contributed by atoms with E-state index in [1.54, 1.807) is 0 Å². The van der Waals surface area contributed by atoms with Gasteiger partial charge >= 0.3 is 0 Å². The molecule has 0 aliphatic heterocycles. The molecule has 0 spiro atoms. The number of fused-ring (bicyclic) bond motifs is 1. The lowest BCUT2D eigenvalue weighted by molar-refractivity contribution is -0.0202. The van der Waals surface area contributed by atoms with E-state index < -0.39 is 5.60 Å². The number of hydrogen-bond donors (Lipinski definition) is 1. The highest BCUT2D eigenvalue weighted by molar-refractivity contribution is 5.86. The van der Waals surface area contributed by atoms with Crippen LogP contribution in [0.25, 0.3) is 10.8 Å². The number of rotatable bonds is 2. The lowest BCUT2D eigenvalue weighted by Crippen LogP contribution is -2.33. The molecule has 2 aromatic carbocycles. The second-order valence-electron chi connectivity index (χ2n) is 6.01. The van der Waals surface area contributed by atoms with Gasteiger partial charge in [-0.25, -0.2) is 0 Å². The smallest absolute Gasteiger partial charge is 0.0902 e. The van der Waals surface area contributed by atoms with Crippen LogP contribution in [0.3, 0.4) is 0 Å². The average molecular weight is 254 g/mol. The van der Waals surface area contributed by atoms with Gasteiger partial charge in [-0.15, -0.1) is 0 Å². The van der Waals surface area contributed by atoms with Crippen molar-refractivity contribution in [3.8, 4) is 0 Å². The topological polar surface area (TPSA) is 20.2 Å². The van der Waals surface area contributed by atoms with Crippen molar-refractivity contribution in [1.82, 2.24) is 0 Å². The fraction of sp³-hybridized carbons (Fsp3) is 0.444. The summed E-state index contributed by atoms with van der Waals surface area (Å²) >= 11 is 0. The zero-order chi connectivity index (χ0) is 13.3. The van der Waals surface area contributed by atoms with Gasteiger partial charge in [-0.05, 0) is 42.0 Å². The molecule has 1 fully saturated rings. The van der Waals surface area contributed by atoms with Gasteiger partial charge in [0.25, 0.3) is 0 Å². The molecular weight excluding hydrogens is 232 g/mol. The summed E-state index contributed by atoms with van der Waals surface area (Å²) in [5, 5.41) is 13.5. The maximum absolute atomic E-state index is 11.1. The van der Waals surface area contributed by atoms with Crippen LogP contribution in [0.1, 0.15) is 44.6 Å². The van der Waals surface area contributed by atoms with E-state index in [1.807, 2.05) is 6.92 Å². The first-order valence-electron chi connectivity index (χ1n) is 7.40. The number of hydrogen-bond acceptors (Lipinski definition) is 1. The summed E-state index contributed by atoms with van der Waals surface area (Å²) < 4.78 is 0. The minimum atomic E-state index is -0.707. The molecule has 0 heterocycles. The fourth-order valence-corrected chi connectivity index (χ4v) is 3.55. The van der Waals surface area contributed by atoms with E-state index in [1.165, 1.54) is 30.0 Å². The molecule has 1 N–H and O–H groups in total. The van der Waals surface area contributed by atoms with E-state index in [4.69, 9.17) is 0 Å². The van der Waals surface area contributed by atoms with Gasteiger partial charge in [-0.1, -0.05) is 61.7 Å². The van der Waals surface area contributed by atoms with Crippen molar-refractivity contribution in [2.24, 2.45) is 5.92 Å². The molecule has 0 aromatic heterocycles. The van der Waals surface area contributed by atoms with Crippen molar-refractivity contribution in [2.75, 3.05) is 0 Å². The summed E-state index contributed by atoms with van der Waals surface area (Å²) in [7, 11) is 0. The largest absolute Gasteiger partial charge is 0.385 e. The Hall–Kier alpha value is -1.34. The van der Waals surface area contributed by atoms with Crippen LogP contribution in [-0.2, 0) is 5.60 Å². The predicted octanol–water partition coefficient (Wildman–Crippen LogP) is 4.63. The van der Waals surface area contributed by atoms with E-state index in [2.05, 4.69) is 42.5 Å². The van der Waals surface area contributed by atoms with Gasteiger partial charge in [-0.2, -0.15) is 0 Å². The molecule has 100 valence electrons. The van der Waals surface area contributed by atoms with Gasteiger partial charge < -0.3 is 5.11 Å². The van der Waals surface area contributed by atoms with E-state index >= 15 is 0 Å². The Kier molecular flexibility index (Phi) is 3.32. The van der Waals surface area contributed by atoms with Crippen LogP contribution in [0.5, 0.6) is 0 Å². The van der Waals surface area contributed by atoms with Crippen molar-refractivity contribution >= 4 is 10.8 Å². The van der Waals surface area contributed by atoms with Gasteiger partial charge in [-0.3, -0.25) is 0 Å². The summed E-state index contributed by atoms with van der Waals surface area (Å²) in [6, 6.07) is 14.6. The molecule has 0 amide bonds. The molecule has 0 saturated heterocycles. The highest BCUT2D eigenvalue weighted by atomic mass is 16.3. The molecular formula is C18H22O. The molecule has 1 nitrogen and oxygen atoms in total. The Bertz CT molecular complexity index is 559. The van der Waals surface area contributed by atoms with E-state index in [-0.39, 0.29) is 0 Å². The first-order valence-corrected chi connectivity index (χ1v) is 7.40. The van der Waals surface area contributed by atoms with Crippen molar-refractivity contribution in [3.63, 3.8) is 0 Å². The normalized spacial score (nSPS) is 20.3. The van der Waals surface area contributed by atoms with Crippen molar-refractivity contribution in [1.29, 1.82) is 0 Å². The molecule has 19 heavy (non-hydrogen) atoms. The van der Waals surface area contributed by atoms with Crippen molar-refractivity contribution < 1.29 is 5.11 Å². The average Bonchev–Trinajstić information content (AvgIpc) is 2.47. The van der Waals surface area contributed by atoms with E-state index in [0.29, 0.717) is 5.92 Å². The molecule has 1 aliphatic rings. The van der Waals surface area contributed by atoms with Crippen LogP contribution in [0.4, 0.5) is 0 Å². The summed E-state index contributed by atoms with van der Waals surface area (Å²) in [6.07, 6.45) is 6.13. The second-order valence-corrected chi connectivity index (χ2v) is 6.01. The third kappa shape index (κ3) is 2.28. The Morgan fingerprint density at radius 1 is 0.947 bits per heavy atom. The fourth-order valence-electron chi connectivity index (χ4n) is 3.55. The van der Waals surface area contributed by atoms with Gasteiger partial charge in [0.15, 0.2) is 0 Å². The lowest BCUT2D eigenvalue weighted by Gasteiger charge is -2.36. The SMILES string of the molecule is CC(O)(c1cccc2ccccc12)C1CCCCC1. The summed E-state index contributed by atoms with van der Waals surface area (Å²) in [6.45, 7) is 2.00. The number of benzene rings is 2. The molecule has 1 saturated carbocycles. The third-order valence-electron chi connectivity index (χ3n) is 4.74. The molecule has 1 unspecified atom stereocenters. The zero-order valence-electron chi connectivity index (χ0n) is 11.6. The van der Waals surface area contributed by atoms with Crippen molar-refractivity contribution in [3.05, 3.63) is 48.0 Å². The van der Waals surface area contributed by atoms with Gasteiger partial charge in [0, 0.05) is 0 Å². The minimum Gasteiger partial charge on any atom is -0.385 e. The van der Waals surface area contributed by atoms with Gasteiger partial charge in [0.05, 0.1) is 5.60 Å². The molecule has 0 bridgehead atoms. The van der Waals surface area contributed by atoms with Crippen LogP contribution >= 0.6 is 0 Å². The minimum absolute atomic E-state index is 0.395. The van der Waals surface area contributed by atoms with Crippen LogP contribution in [0, 0.1) is 5.92 Å². The van der Waals surface area contributed by atoms with E-state index in [9.17, 15) is 5.11 Å². The Balaban J connectivity index is 2.07. The van der Waals surface area contributed by atoms with Crippen molar-refractivity contribution in [2.45, 2.75) is 44.6 Å². The first kappa shape index (κ1) is 12.7. The lowest BCUT2D eigenvalue weighted by atomic mass is 9.73. The highest BCUT2D eigenvalue weighted by Crippen LogP contribution is 2.41. The maximum Gasteiger partial charge on any atom is 0.0902 e. The number of aliphatic hydroxyl groups is 1. The third-order valence-corrected chi connectivity index (χ3v) is 4.74. The summed E-state index contributed by atoms with van der Waals surface area (Å²) in [4.78, 5) is 0. The quantitative estimate of drug-likeness (QED) is 0.828. The summed E-state index contributed by atoms with van der Waals surface area (Å²) in [5.41, 5.74) is 0.388. The molecule has 1 atom stereocenters. The molecule has 0 radical (unpaired) electrons. The van der Waals surface area contributed by atoms with Gasteiger partial charge in [0.2, 0.25) is 0 Å². The first-order chi connectivity index (χ1) is 9.19. The Labute approximate surface area is 115 Å². The molecule has 1 heteroatoms. The Morgan fingerprint density at radius 2 is 1.63 bits per heavy atom.